The molecule has 1 fully saturated rings. The van der Waals surface area contributed by atoms with E-state index in [0.29, 0.717) is 17.6 Å². The van der Waals surface area contributed by atoms with Gasteiger partial charge in [0.15, 0.2) is 11.5 Å². The number of hydrogen-bond acceptors (Lipinski definition) is 6. The molecule has 2 aromatic heterocycles. The van der Waals surface area contributed by atoms with Crippen molar-refractivity contribution in [3.05, 3.63) is 6.33 Å². The quantitative estimate of drug-likeness (QED) is 0.803. The third-order valence-corrected chi connectivity index (χ3v) is 5.00. The van der Waals surface area contributed by atoms with Crippen LogP contribution in [0.1, 0.15) is 25.7 Å². The van der Waals surface area contributed by atoms with Gasteiger partial charge in [-0.25, -0.2) is 4.98 Å². The number of nitrogens with zero attached hydrogens (tertiary/aromatic N) is 3. The number of nitrogens with one attached hydrogen (secondary N) is 3. The summed E-state index contributed by atoms with van der Waals surface area (Å²) in [6.07, 6.45) is 8.80. The topological polar surface area (TPSA) is 78.5 Å². The average molecular weight is 292 g/mol. The summed E-state index contributed by atoms with van der Waals surface area (Å²) in [6, 6.07) is 0.490. The molecule has 1 aliphatic carbocycles. The van der Waals surface area contributed by atoms with Crippen molar-refractivity contribution >= 4 is 34.7 Å². The van der Waals surface area contributed by atoms with Gasteiger partial charge in [0.1, 0.15) is 5.52 Å². The van der Waals surface area contributed by atoms with Gasteiger partial charge in [0, 0.05) is 18.3 Å². The minimum atomic E-state index is 0.490. The van der Waals surface area contributed by atoms with Crippen LogP contribution in [0.25, 0.3) is 11.2 Å². The summed E-state index contributed by atoms with van der Waals surface area (Å²) >= 11 is 1.98. The van der Waals surface area contributed by atoms with Gasteiger partial charge in [0.05, 0.1) is 6.33 Å². The van der Waals surface area contributed by atoms with Gasteiger partial charge in [-0.1, -0.05) is 0 Å². The summed E-state index contributed by atoms with van der Waals surface area (Å²) in [6.45, 7) is 0. The normalized spacial score (nSPS) is 22.9. The maximum Gasteiger partial charge on any atom is 0.226 e. The van der Waals surface area contributed by atoms with Crippen LogP contribution in [0.5, 0.6) is 0 Å². The van der Waals surface area contributed by atoms with E-state index in [1.165, 1.54) is 25.7 Å². The van der Waals surface area contributed by atoms with E-state index in [4.69, 9.17) is 0 Å². The van der Waals surface area contributed by atoms with Crippen LogP contribution in [0.2, 0.25) is 0 Å². The van der Waals surface area contributed by atoms with Crippen molar-refractivity contribution in [1.82, 2.24) is 19.9 Å². The number of aromatic amines is 1. The van der Waals surface area contributed by atoms with Crippen LogP contribution in [0.4, 0.5) is 11.8 Å². The Morgan fingerprint density at radius 1 is 1.25 bits per heavy atom. The van der Waals surface area contributed by atoms with Crippen molar-refractivity contribution in [2.45, 2.75) is 37.0 Å². The van der Waals surface area contributed by atoms with Crippen molar-refractivity contribution in [3.63, 3.8) is 0 Å². The smallest absolute Gasteiger partial charge is 0.226 e. The summed E-state index contributed by atoms with van der Waals surface area (Å²) in [4.78, 5) is 16.2. The van der Waals surface area contributed by atoms with E-state index in [0.717, 1.165) is 16.6 Å². The second-order valence-electron chi connectivity index (χ2n) is 5.10. The van der Waals surface area contributed by atoms with E-state index < -0.39 is 0 Å². The van der Waals surface area contributed by atoms with E-state index in [9.17, 15) is 0 Å². The highest BCUT2D eigenvalue weighted by atomic mass is 32.2. The minimum Gasteiger partial charge on any atom is -0.365 e. The lowest BCUT2D eigenvalue weighted by Crippen LogP contribution is -2.27. The van der Waals surface area contributed by atoms with Crippen LogP contribution < -0.4 is 10.6 Å². The molecular weight excluding hydrogens is 272 g/mol. The molecule has 0 bridgehead atoms. The molecule has 7 heteroatoms. The maximum atomic E-state index is 4.52. The summed E-state index contributed by atoms with van der Waals surface area (Å²) in [5, 5.41) is 7.36. The van der Waals surface area contributed by atoms with Crippen LogP contribution in [0.3, 0.4) is 0 Å². The molecule has 0 amide bonds. The van der Waals surface area contributed by atoms with Gasteiger partial charge in [-0.3, -0.25) is 0 Å². The SMILES string of the molecule is CNc1nc(NC2CCC(SC)CC2)c2[nH]cnc2n1. The zero-order valence-corrected chi connectivity index (χ0v) is 12.6. The minimum absolute atomic E-state index is 0.490. The first-order valence-electron chi connectivity index (χ1n) is 6.98. The van der Waals surface area contributed by atoms with Crippen molar-refractivity contribution in [1.29, 1.82) is 0 Å². The van der Waals surface area contributed by atoms with E-state index in [-0.39, 0.29) is 0 Å². The van der Waals surface area contributed by atoms with Crippen LogP contribution in [0.15, 0.2) is 6.33 Å². The Morgan fingerprint density at radius 3 is 2.75 bits per heavy atom. The molecule has 0 unspecified atom stereocenters. The molecule has 3 N–H and O–H groups in total. The second-order valence-corrected chi connectivity index (χ2v) is 6.24. The number of anilines is 2. The molecular formula is C13H20N6S. The molecule has 1 saturated carbocycles. The summed E-state index contributed by atoms with van der Waals surface area (Å²) in [5.41, 5.74) is 1.58. The Hall–Kier alpha value is -1.50. The van der Waals surface area contributed by atoms with Crippen LogP contribution >= 0.6 is 11.8 Å². The Balaban J connectivity index is 1.78. The first-order chi connectivity index (χ1) is 9.80. The highest BCUT2D eigenvalue weighted by Gasteiger charge is 2.21. The van der Waals surface area contributed by atoms with E-state index in [1.54, 1.807) is 6.33 Å². The monoisotopic (exact) mass is 292 g/mol. The maximum absolute atomic E-state index is 4.52. The Labute approximate surface area is 122 Å². The third kappa shape index (κ3) is 2.67. The molecule has 108 valence electrons. The summed E-state index contributed by atoms with van der Waals surface area (Å²) < 4.78 is 0. The molecule has 6 nitrogen and oxygen atoms in total. The number of imidazole rings is 1. The second kappa shape index (κ2) is 5.87. The van der Waals surface area contributed by atoms with Gasteiger partial charge in [-0.05, 0) is 31.9 Å². The lowest BCUT2D eigenvalue weighted by molar-refractivity contribution is 0.472. The first kappa shape index (κ1) is 13.5. The van der Waals surface area contributed by atoms with Gasteiger partial charge in [0.2, 0.25) is 5.95 Å². The summed E-state index contributed by atoms with van der Waals surface area (Å²) in [7, 11) is 1.82. The molecule has 20 heavy (non-hydrogen) atoms. The molecule has 2 aromatic rings. The number of H-pyrrole nitrogens is 1. The molecule has 1 aliphatic rings. The molecule has 3 rings (SSSR count). The van der Waals surface area contributed by atoms with Crippen LogP contribution in [-0.2, 0) is 0 Å². The predicted molar refractivity (Wildman–Crippen MR) is 84.4 cm³/mol. The van der Waals surface area contributed by atoms with E-state index >= 15 is 0 Å². The predicted octanol–water partition coefficient (Wildman–Crippen LogP) is 2.48. The largest absolute Gasteiger partial charge is 0.365 e. The molecule has 0 aliphatic heterocycles. The van der Waals surface area contributed by atoms with Gasteiger partial charge >= 0.3 is 0 Å². The lowest BCUT2D eigenvalue weighted by atomic mass is 9.95. The van der Waals surface area contributed by atoms with Gasteiger partial charge in [0.25, 0.3) is 0 Å². The number of aromatic nitrogens is 4. The fourth-order valence-electron chi connectivity index (χ4n) is 2.69. The standard InChI is InChI=1S/C13H20N6S/c1-14-13-18-11-10(15-7-16-11)12(19-13)17-8-3-5-9(20-2)6-4-8/h7-9H,3-6H2,1-2H3,(H3,14,15,16,17,18,19). The average Bonchev–Trinajstić information content (AvgIpc) is 2.96. The highest BCUT2D eigenvalue weighted by Crippen LogP contribution is 2.29. The first-order valence-corrected chi connectivity index (χ1v) is 8.27. The van der Waals surface area contributed by atoms with E-state index in [1.807, 2.05) is 18.8 Å². The van der Waals surface area contributed by atoms with Crippen molar-refractivity contribution in [2.24, 2.45) is 0 Å². The van der Waals surface area contributed by atoms with Gasteiger partial charge in [-0.15, -0.1) is 0 Å². The van der Waals surface area contributed by atoms with E-state index in [2.05, 4.69) is 36.8 Å². The van der Waals surface area contributed by atoms with Gasteiger partial charge < -0.3 is 15.6 Å². The fraction of sp³-hybridized carbons (Fsp3) is 0.615. The molecule has 0 radical (unpaired) electrons. The fourth-order valence-corrected chi connectivity index (χ4v) is 3.43. The Kier molecular flexibility index (Phi) is 3.95. The van der Waals surface area contributed by atoms with Crippen LogP contribution in [-0.4, -0.2) is 44.5 Å². The number of fused-ring (bicyclic) bond motifs is 1. The highest BCUT2D eigenvalue weighted by molar-refractivity contribution is 7.99. The molecule has 0 atom stereocenters. The van der Waals surface area contributed by atoms with Crippen molar-refractivity contribution in [2.75, 3.05) is 23.9 Å². The zero-order chi connectivity index (χ0) is 13.9. The Morgan fingerprint density at radius 2 is 2.05 bits per heavy atom. The lowest BCUT2D eigenvalue weighted by Gasteiger charge is -2.28. The Bertz CT molecular complexity index is 575. The van der Waals surface area contributed by atoms with Crippen LogP contribution in [0, 0.1) is 0 Å². The van der Waals surface area contributed by atoms with Crippen molar-refractivity contribution in [3.8, 4) is 0 Å². The molecule has 2 heterocycles. The molecule has 0 spiro atoms. The molecule has 0 aromatic carbocycles. The van der Waals surface area contributed by atoms with Gasteiger partial charge in [-0.2, -0.15) is 21.7 Å². The number of hydrogen-bond donors (Lipinski definition) is 3. The molecule has 0 saturated heterocycles. The summed E-state index contributed by atoms with van der Waals surface area (Å²) in [5.74, 6) is 1.45. The zero-order valence-electron chi connectivity index (χ0n) is 11.8. The van der Waals surface area contributed by atoms with Crippen molar-refractivity contribution < 1.29 is 0 Å². The third-order valence-electron chi connectivity index (χ3n) is 3.86. The number of rotatable bonds is 4. The number of thioether (sulfide) groups is 1.